The second kappa shape index (κ2) is 9.12. The maximum atomic E-state index is 12.3. The highest BCUT2D eigenvalue weighted by Gasteiger charge is 2.16. The third-order valence-corrected chi connectivity index (χ3v) is 4.65. The van der Waals surface area contributed by atoms with Gasteiger partial charge in [0.1, 0.15) is 11.5 Å². The number of nitrogens with one attached hydrogen (secondary N) is 2. The highest BCUT2D eigenvalue weighted by molar-refractivity contribution is 5.92. The molecule has 7 heteroatoms. The van der Waals surface area contributed by atoms with Crippen LogP contribution in [-0.2, 0) is 4.74 Å². The van der Waals surface area contributed by atoms with E-state index in [1.807, 2.05) is 0 Å². The van der Waals surface area contributed by atoms with Crippen LogP contribution in [0.3, 0.4) is 0 Å². The van der Waals surface area contributed by atoms with Crippen molar-refractivity contribution >= 4 is 23.4 Å². The van der Waals surface area contributed by atoms with Crippen LogP contribution in [0.15, 0.2) is 36.7 Å². The zero-order chi connectivity index (χ0) is 19.1. The lowest BCUT2D eigenvalue weighted by atomic mass is 10.1. The molecule has 0 radical (unpaired) electrons. The molecular weight excluding hydrogens is 344 g/mol. The predicted octanol–water partition coefficient (Wildman–Crippen LogP) is 3.46. The summed E-state index contributed by atoms with van der Waals surface area (Å²) in [6.45, 7) is 0. The van der Waals surface area contributed by atoms with E-state index in [1.165, 1.54) is 32.3 Å². The number of aromatic nitrogens is 2. The van der Waals surface area contributed by atoms with Gasteiger partial charge in [0.25, 0.3) is 5.91 Å². The molecule has 0 aliphatic heterocycles. The number of carbonyl (C=O) groups is 2. The molecule has 2 N–H and O–H groups in total. The second-order valence-corrected chi connectivity index (χ2v) is 6.64. The van der Waals surface area contributed by atoms with Gasteiger partial charge >= 0.3 is 5.97 Å². The topological polar surface area (TPSA) is 93.2 Å². The minimum absolute atomic E-state index is 0.177. The molecule has 0 saturated heterocycles. The smallest absolute Gasteiger partial charge is 0.337 e. The van der Waals surface area contributed by atoms with Crippen LogP contribution in [0, 0.1) is 0 Å². The zero-order valence-corrected chi connectivity index (χ0v) is 15.4. The third-order valence-electron chi connectivity index (χ3n) is 4.65. The highest BCUT2D eigenvalue weighted by atomic mass is 16.5. The van der Waals surface area contributed by atoms with Gasteiger partial charge in [-0.1, -0.05) is 25.7 Å². The van der Waals surface area contributed by atoms with Crippen molar-refractivity contribution in [3.63, 3.8) is 0 Å². The zero-order valence-electron chi connectivity index (χ0n) is 15.4. The fourth-order valence-electron chi connectivity index (χ4n) is 3.15. The van der Waals surface area contributed by atoms with Crippen LogP contribution in [0.1, 0.15) is 59.4 Å². The van der Waals surface area contributed by atoms with Crippen LogP contribution in [0.5, 0.6) is 0 Å². The Morgan fingerprint density at radius 3 is 2.30 bits per heavy atom. The SMILES string of the molecule is COC(=O)c1ccc(Nc2cnc(C(=O)NC3CCCCCC3)cn2)cc1. The highest BCUT2D eigenvalue weighted by Crippen LogP contribution is 2.18. The number of hydrogen-bond acceptors (Lipinski definition) is 6. The maximum Gasteiger partial charge on any atom is 0.337 e. The first-order valence-corrected chi connectivity index (χ1v) is 9.24. The van der Waals surface area contributed by atoms with E-state index >= 15 is 0 Å². The molecule has 1 aromatic carbocycles. The number of amides is 1. The number of carbonyl (C=O) groups excluding carboxylic acids is 2. The number of nitrogens with zero attached hydrogens (tertiary/aromatic N) is 2. The number of benzene rings is 1. The van der Waals surface area contributed by atoms with Gasteiger partial charge in [0.05, 0.1) is 25.1 Å². The molecule has 0 unspecified atom stereocenters. The summed E-state index contributed by atoms with van der Waals surface area (Å²) in [5.41, 5.74) is 1.54. The predicted molar refractivity (Wildman–Crippen MR) is 102 cm³/mol. The molecule has 27 heavy (non-hydrogen) atoms. The summed E-state index contributed by atoms with van der Waals surface area (Å²) in [5, 5.41) is 6.15. The number of hydrogen-bond donors (Lipinski definition) is 2. The summed E-state index contributed by atoms with van der Waals surface area (Å²) >= 11 is 0. The molecule has 7 nitrogen and oxygen atoms in total. The van der Waals surface area contributed by atoms with E-state index < -0.39 is 0 Å². The summed E-state index contributed by atoms with van der Waals surface area (Å²) in [6, 6.07) is 7.06. The van der Waals surface area contributed by atoms with Crippen molar-refractivity contribution in [2.75, 3.05) is 12.4 Å². The molecule has 1 aromatic heterocycles. The van der Waals surface area contributed by atoms with E-state index in [4.69, 9.17) is 0 Å². The molecule has 1 aliphatic rings. The molecule has 1 fully saturated rings. The van der Waals surface area contributed by atoms with Crippen LogP contribution in [-0.4, -0.2) is 35.0 Å². The molecule has 1 aliphatic carbocycles. The van der Waals surface area contributed by atoms with E-state index in [2.05, 4.69) is 25.3 Å². The average Bonchev–Trinajstić information content (AvgIpc) is 2.97. The van der Waals surface area contributed by atoms with Gasteiger partial charge in [0, 0.05) is 11.7 Å². The lowest BCUT2D eigenvalue weighted by molar-refractivity contribution is 0.0600. The van der Waals surface area contributed by atoms with Crippen molar-refractivity contribution in [1.29, 1.82) is 0 Å². The van der Waals surface area contributed by atoms with Gasteiger partial charge in [-0.05, 0) is 37.1 Å². The molecular formula is C20H24N4O3. The quantitative estimate of drug-likeness (QED) is 0.620. The van der Waals surface area contributed by atoms with E-state index in [-0.39, 0.29) is 17.9 Å². The van der Waals surface area contributed by atoms with E-state index in [0.29, 0.717) is 17.1 Å². The van der Waals surface area contributed by atoms with Crippen LogP contribution < -0.4 is 10.6 Å². The van der Waals surface area contributed by atoms with E-state index in [0.717, 1.165) is 31.4 Å². The van der Waals surface area contributed by atoms with Crippen molar-refractivity contribution in [1.82, 2.24) is 15.3 Å². The largest absolute Gasteiger partial charge is 0.465 e. The van der Waals surface area contributed by atoms with Gasteiger partial charge in [-0.3, -0.25) is 4.79 Å². The Labute approximate surface area is 158 Å². The fraction of sp³-hybridized carbons (Fsp3) is 0.400. The summed E-state index contributed by atoms with van der Waals surface area (Å²) in [5.74, 6) is -0.0411. The summed E-state index contributed by atoms with van der Waals surface area (Å²) < 4.78 is 4.67. The van der Waals surface area contributed by atoms with Crippen molar-refractivity contribution in [3.8, 4) is 0 Å². The van der Waals surface area contributed by atoms with E-state index in [1.54, 1.807) is 24.3 Å². The number of esters is 1. The Balaban J connectivity index is 1.58. The lowest BCUT2D eigenvalue weighted by Crippen LogP contribution is -2.34. The van der Waals surface area contributed by atoms with Gasteiger partial charge in [-0.15, -0.1) is 0 Å². The first-order chi connectivity index (χ1) is 13.2. The van der Waals surface area contributed by atoms with Crippen molar-refractivity contribution < 1.29 is 14.3 Å². The van der Waals surface area contributed by atoms with Gasteiger partial charge in [-0.25, -0.2) is 14.8 Å². The Bertz CT molecular complexity index is 767. The molecule has 2 aromatic rings. The molecule has 142 valence electrons. The molecule has 1 saturated carbocycles. The second-order valence-electron chi connectivity index (χ2n) is 6.64. The average molecular weight is 368 g/mol. The standard InChI is InChI=1S/C20H24N4O3/c1-27-20(26)14-8-10-16(11-9-14)23-18-13-21-17(12-22-18)19(25)24-15-6-4-2-3-5-7-15/h8-13,15H,2-7H2,1H3,(H,22,23)(H,24,25). The summed E-state index contributed by atoms with van der Waals surface area (Å²) in [7, 11) is 1.34. The molecule has 0 atom stereocenters. The monoisotopic (exact) mass is 368 g/mol. The fourth-order valence-corrected chi connectivity index (χ4v) is 3.15. The van der Waals surface area contributed by atoms with Crippen LogP contribution in [0.4, 0.5) is 11.5 Å². The van der Waals surface area contributed by atoms with E-state index in [9.17, 15) is 9.59 Å². The van der Waals surface area contributed by atoms with Gasteiger partial charge in [-0.2, -0.15) is 0 Å². The molecule has 0 spiro atoms. The normalized spacial score (nSPS) is 14.9. The van der Waals surface area contributed by atoms with Crippen molar-refractivity contribution in [2.45, 2.75) is 44.6 Å². The Morgan fingerprint density at radius 2 is 1.70 bits per heavy atom. The first-order valence-electron chi connectivity index (χ1n) is 9.24. The van der Waals surface area contributed by atoms with Crippen LogP contribution in [0.25, 0.3) is 0 Å². The van der Waals surface area contributed by atoms with Crippen LogP contribution >= 0.6 is 0 Å². The van der Waals surface area contributed by atoms with Crippen LogP contribution in [0.2, 0.25) is 0 Å². The Morgan fingerprint density at radius 1 is 1.00 bits per heavy atom. The molecule has 1 amide bonds. The minimum atomic E-state index is -0.384. The number of anilines is 2. The van der Waals surface area contributed by atoms with Gasteiger partial charge in [0.15, 0.2) is 0 Å². The minimum Gasteiger partial charge on any atom is -0.465 e. The molecule has 1 heterocycles. The lowest BCUT2D eigenvalue weighted by Gasteiger charge is -2.15. The van der Waals surface area contributed by atoms with Crippen molar-refractivity contribution in [2.24, 2.45) is 0 Å². The Kier molecular flexibility index (Phi) is 6.35. The summed E-state index contributed by atoms with van der Waals surface area (Å²) in [4.78, 5) is 32.3. The Hall–Kier alpha value is -2.96. The van der Waals surface area contributed by atoms with Gasteiger partial charge in [0.2, 0.25) is 0 Å². The summed E-state index contributed by atoms with van der Waals surface area (Å²) in [6.07, 6.45) is 9.86. The third kappa shape index (κ3) is 5.26. The first kappa shape index (κ1) is 18.8. The molecule has 3 rings (SSSR count). The number of methoxy groups -OCH3 is 1. The van der Waals surface area contributed by atoms with Crippen molar-refractivity contribution in [3.05, 3.63) is 47.9 Å². The maximum absolute atomic E-state index is 12.3. The van der Waals surface area contributed by atoms with Gasteiger partial charge < -0.3 is 15.4 Å². The number of ether oxygens (including phenoxy) is 1. The number of rotatable bonds is 5. The molecule has 0 bridgehead atoms.